The second kappa shape index (κ2) is 6.80. The largest absolute Gasteiger partial charge is 0.372 e. The van der Waals surface area contributed by atoms with Crippen LogP contribution in [0.1, 0.15) is 69.2 Å². The predicted molar refractivity (Wildman–Crippen MR) is 117 cm³/mol. The third-order valence-electron chi connectivity index (χ3n) is 5.91. The minimum Gasteiger partial charge on any atom is -0.372 e. The quantitative estimate of drug-likeness (QED) is 0.644. The Hall–Kier alpha value is -2.55. The summed E-state index contributed by atoms with van der Waals surface area (Å²) in [5, 5.41) is 7.28. The van der Waals surface area contributed by atoms with E-state index in [9.17, 15) is 4.79 Å². The number of nitrogens with one attached hydrogen (secondary N) is 2. The number of carbonyl (C=O) groups is 1. The Morgan fingerprint density at radius 2 is 1.71 bits per heavy atom. The van der Waals surface area contributed by atoms with Gasteiger partial charge in [-0.1, -0.05) is 58.0 Å². The fourth-order valence-corrected chi connectivity index (χ4v) is 4.38. The molecular formula is C25H30N2O. The summed E-state index contributed by atoms with van der Waals surface area (Å²) in [4.78, 5) is 13.2. The van der Waals surface area contributed by atoms with Gasteiger partial charge in [0.25, 0.3) is 0 Å². The van der Waals surface area contributed by atoms with Gasteiger partial charge in [-0.3, -0.25) is 4.79 Å². The molecule has 2 aromatic carbocycles. The molecule has 1 aliphatic heterocycles. The lowest BCUT2D eigenvalue weighted by atomic mass is 9.73. The number of hydrogen-bond donors (Lipinski definition) is 2. The van der Waals surface area contributed by atoms with Crippen molar-refractivity contribution in [3.05, 3.63) is 70.4 Å². The summed E-state index contributed by atoms with van der Waals surface area (Å²) in [7, 11) is 0. The Balaban J connectivity index is 1.84. The summed E-state index contributed by atoms with van der Waals surface area (Å²) in [6.07, 6.45) is 1.47. The maximum Gasteiger partial charge on any atom is 0.163 e. The summed E-state index contributed by atoms with van der Waals surface area (Å²) >= 11 is 0. The second-order valence-corrected chi connectivity index (χ2v) is 9.41. The van der Waals surface area contributed by atoms with Gasteiger partial charge in [-0.25, -0.2) is 0 Å². The average molecular weight is 375 g/mol. The molecule has 146 valence electrons. The first-order valence-electron chi connectivity index (χ1n) is 10.2. The highest BCUT2D eigenvalue weighted by atomic mass is 16.1. The number of ketones is 1. The molecule has 28 heavy (non-hydrogen) atoms. The Labute approximate surface area is 168 Å². The van der Waals surface area contributed by atoms with Crippen molar-refractivity contribution in [3.8, 4) is 0 Å². The first-order valence-corrected chi connectivity index (χ1v) is 10.2. The van der Waals surface area contributed by atoms with Gasteiger partial charge in [-0.05, 0) is 53.5 Å². The first kappa shape index (κ1) is 18.8. The van der Waals surface area contributed by atoms with Crippen LogP contribution in [0.15, 0.2) is 53.7 Å². The van der Waals surface area contributed by atoms with Crippen molar-refractivity contribution in [2.45, 2.75) is 59.4 Å². The molecule has 1 heterocycles. The SMILES string of the molecule is Cc1ccc2c(c1)N[C@@H](c1ccc(C(C)C)cc1)C1=C(CC(C)(C)CC1=O)N2. The third kappa shape index (κ3) is 3.46. The average Bonchev–Trinajstić information content (AvgIpc) is 2.77. The van der Waals surface area contributed by atoms with Crippen LogP contribution in [0.2, 0.25) is 0 Å². The molecule has 3 nitrogen and oxygen atoms in total. The summed E-state index contributed by atoms with van der Waals surface area (Å²) in [5.74, 6) is 0.738. The maximum absolute atomic E-state index is 13.2. The highest BCUT2D eigenvalue weighted by Crippen LogP contribution is 2.45. The van der Waals surface area contributed by atoms with E-state index in [-0.39, 0.29) is 17.2 Å². The predicted octanol–water partition coefficient (Wildman–Crippen LogP) is 6.34. The van der Waals surface area contributed by atoms with E-state index in [4.69, 9.17) is 0 Å². The van der Waals surface area contributed by atoms with Gasteiger partial charge in [0.1, 0.15) is 0 Å². The molecule has 0 radical (unpaired) electrons. The van der Waals surface area contributed by atoms with Gasteiger partial charge in [0.15, 0.2) is 5.78 Å². The Kier molecular flexibility index (Phi) is 4.57. The van der Waals surface area contributed by atoms with Crippen LogP contribution in [-0.4, -0.2) is 5.78 Å². The van der Waals surface area contributed by atoms with Gasteiger partial charge in [0.05, 0.1) is 17.4 Å². The number of benzene rings is 2. The molecule has 0 spiro atoms. The van der Waals surface area contributed by atoms with E-state index in [0.29, 0.717) is 12.3 Å². The van der Waals surface area contributed by atoms with E-state index in [1.807, 2.05) is 0 Å². The Bertz CT molecular complexity index is 951. The van der Waals surface area contributed by atoms with Crippen molar-refractivity contribution in [2.75, 3.05) is 10.6 Å². The molecule has 1 aliphatic carbocycles. The van der Waals surface area contributed by atoms with Crippen molar-refractivity contribution < 1.29 is 4.79 Å². The third-order valence-corrected chi connectivity index (χ3v) is 5.91. The first-order chi connectivity index (χ1) is 13.2. The lowest BCUT2D eigenvalue weighted by Gasteiger charge is -2.34. The number of allylic oxidation sites excluding steroid dienone is 1. The molecule has 1 atom stereocenters. The second-order valence-electron chi connectivity index (χ2n) is 9.41. The highest BCUT2D eigenvalue weighted by Gasteiger charge is 2.38. The van der Waals surface area contributed by atoms with E-state index >= 15 is 0 Å². The number of carbonyl (C=O) groups excluding carboxylic acids is 1. The van der Waals surface area contributed by atoms with Crippen LogP contribution < -0.4 is 10.6 Å². The van der Waals surface area contributed by atoms with Crippen LogP contribution in [0.3, 0.4) is 0 Å². The molecule has 2 aromatic rings. The Morgan fingerprint density at radius 3 is 2.39 bits per heavy atom. The number of Topliss-reactive ketones (excluding diaryl/α,β-unsaturated/α-hetero) is 1. The number of rotatable bonds is 2. The molecule has 0 amide bonds. The van der Waals surface area contributed by atoms with Crippen LogP contribution in [0.4, 0.5) is 11.4 Å². The molecule has 0 unspecified atom stereocenters. The van der Waals surface area contributed by atoms with Crippen molar-refractivity contribution >= 4 is 17.2 Å². The number of fused-ring (bicyclic) bond motifs is 1. The van der Waals surface area contributed by atoms with E-state index in [0.717, 1.165) is 34.6 Å². The molecule has 0 saturated carbocycles. The van der Waals surface area contributed by atoms with Gasteiger partial charge in [-0.15, -0.1) is 0 Å². The zero-order chi connectivity index (χ0) is 20.1. The number of hydrogen-bond acceptors (Lipinski definition) is 3. The topological polar surface area (TPSA) is 41.1 Å². The molecule has 4 rings (SSSR count). The fourth-order valence-electron chi connectivity index (χ4n) is 4.38. The monoisotopic (exact) mass is 374 g/mol. The molecule has 2 aliphatic rings. The molecule has 0 bridgehead atoms. The molecule has 2 N–H and O–H groups in total. The molecule has 0 aromatic heterocycles. The van der Waals surface area contributed by atoms with Crippen molar-refractivity contribution in [2.24, 2.45) is 5.41 Å². The van der Waals surface area contributed by atoms with Crippen LogP contribution in [0, 0.1) is 12.3 Å². The van der Waals surface area contributed by atoms with Crippen molar-refractivity contribution in [3.63, 3.8) is 0 Å². The number of anilines is 2. The van der Waals surface area contributed by atoms with Crippen molar-refractivity contribution in [1.82, 2.24) is 0 Å². The standard InChI is InChI=1S/C25H30N2O/c1-15(2)17-7-9-18(10-8-17)24-23-21(13-25(4,5)14-22(23)28)26-19-11-6-16(3)12-20(19)27-24/h6-12,15,24,26-27H,13-14H2,1-5H3/t24-/m0/s1. The van der Waals surface area contributed by atoms with Crippen LogP contribution in [0.5, 0.6) is 0 Å². The van der Waals surface area contributed by atoms with Gasteiger partial charge >= 0.3 is 0 Å². The summed E-state index contributed by atoms with van der Waals surface area (Å²) < 4.78 is 0. The molecular weight excluding hydrogens is 344 g/mol. The van der Waals surface area contributed by atoms with E-state index in [1.54, 1.807) is 0 Å². The van der Waals surface area contributed by atoms with Gasteiger partial charge < -0.3 is 10.6 Å². The highest BCUT2D eigenvalue weighted by molar-refractivity contribution is 6.01. The van der Waals surface area contributed by atoms with E-state index < -0.39 is 0 Å². The maximum atomic E-state index is 13.2. The van der Waals surface area contributed by atoms with Crippen LogP contribution >= 0.6 is 0 Å². The molecule has 3 heteroatoms. The summed E-state index contributed by atoms with van der Waals surface area (Å²) in [6, 6.07) is 15.0. The normalized spacial score (nSPS) is 20.8. The van der Waals surface area contributed by atoms with E-state index in [1.165, 1.54) is 11.1 Å². The minimum atomic E-state index is -0.129. The number of aryl methyl sites for hydroxylation is 1. The smallest absolute Gasteiger partial charge is 0.163 e. The van der Waals surface area contributed by atoms with Gasteiger partial charge in [0, 0.05) is 17.7 Å². The Morgan fingerprint density at radius 1 is 1.00 bits per heavy atom. The molecule has 0 fully saturated rings. The van der Waals surface area contributed by atoms with Gasteiger partial charge in [-0.2, -0.15) is 0 Å². The van der Waals surface area contributed by atoms with Crippen molar-refractivity contribution in [1.29, 1.82) is 0 Å². The minimum absolute atomic E-state index is 0.0236. The zero-order valence-corrected chi connectivity index (χ0v) is 17.5. The lowest BCUT2D eigenvalue weighted by molar-refractivity contribution is -0.118. The zero-order valence-electron chi connectivity index (χ0n) is 17.5. The lowest BCUT2D eigenvalue weighted by Crippen LogP contribution is -2.31. The van der Waals surface area contributed by atoms with Crippen LogP contribution in [0.25, 0.3) is 0 Å². The summed E-state index contributed by atoms with van der Waals surface area (Å²) in [5.41, 5.74) is 7.69. The van der Waals surface area contributed by atoms with E-state index in [2.05, 4.69) is 87.7 Å². The van der Waals surface area contributed by atoms with Gasteiger partial charge in [0.2, 0.25) is 0 Å². The van der Waals surface area contributed by atoms with Crippen LogP contribution in [-0.2, 0) is 4.79 Å². The molecule has 0 saturated heterocycles. The fraction of sp³-hybridized carbons (Fsp3) is 0.400. The summed E-state index contributed by atoms with van der Waals surface area (Å²) in [6.45, 7) is 10.9.